The minimum Gasteiger partial charge on any atom is -0.317 e. The second-order valence-corrected chi connectivity index (χ2v) is 5.27. The van der Waals surface area contributed by atoms with Crippen molar-refractivity contribution < 1.29 is 0 Å². The number of imidazole rings is 1. The van der Waals surface area contributed by atoms with E-state index in [0.29, 0.717) is 6.04 Å². The first-order valence-corrected chi connectivity index (χ1v) is 7.23. The monoisotopic (exact) mass is 295 g/mol. The Morgan fingerprint density at radius 2 is 1.85 bits per heavy atom. The Bertz CT molecular complexity index is 626. The zero-order valence-corrected chi connectivity index (χ0v) is 12.7. The number of benzene rings is 1. The van der Waals surface area contributed by atoms with Crippen LogP contribution in [-0.4, -0.2) is 22.2 Å². The Labute approximate surface area is 125 Å². The van der Waals surface area contributed by atoms with E-state index in [0.717, 1.165) is 49.9 Å². The second-order valence-electron chi connectivity index (χ2n) is 5.27. The van der Waals surface area contributed by atoms with Crippen LogP contribution in [0.25, 0.3) is 11.0 Å². The van der Waals surface area contributed by atoms with Gasteiger partial charge in [-0.15, -0.1) is 12.4 Å². The summed E-state index contributed by atoms with van der Waals surface area (Å²) in [6.07, 6.45) is 3.07. The van der Waals surface area contributed by atoms with Crippen molar-refractivity contribution in [3.05, 3.63) is 34.7 Å². The van der Waals surface area contributed by atoms with Crippen LogP contribution in [0.1, 0.15) is 32.2 Å². The predicted octanol–water partition coefficient (Wildman–Crippen LogP) is 2.56. The number of nitrogens with one attached hydrogen (secondary N) is 1. The molecule has 0 spiro atoms. The normalized spacial score (nSPS) is 16.2. The van der Waals surface area contributed by atoms with Crippen LogP contribution in [0.5, 0.6) is 0 Å². The molecule has 4 nitrogen and oxygen atoms in total. The highest BCUT2D eigenvalue weighted by molar-refractivity contribution is 5.85. The van der Waals surface area contributed by atoms with Crippen molar-refractivity contribution in [2.75, 3.05) is 13.1 Å². The largest absolute Gasteiger partial charge is 0.329 e. The van der Waals surface area contributed by atoms with E-state index in [1.54, 1.807) is 0 Å². The smallest absolute Gasteiger partial charge is 0.317 e. The third-order valence-corrected chi connectivity index (χ3v) is 3.99. The number of rotatable bonds is 3. The molecular formula is C15H22ClN3O. The molecule has 110 valence electrons. The van der Waals surface area contributed by atoms with Crippen LogP contribution in [0.15, 0.2) is 29.1 Å². The SMILES string of the molecule is CCCn1c(=O)n(C2CCNCC2)c2ccccc21.Cl. The molecule has 3 rings (SSSR count). The van der Waals surface area contributed by atoms with Gasteiger partial charge in [0.05, 0.1) is 11.0 Å². The maximum Gasteiger partial charge on any atom is 0.329 e. The Hall–Kier alpha value is -1.26. The molecule has 1 fully saturated rings. The zero-order valence-electron chi connectivity index (χ0n) is 11.8. The maximum absolute atomic E-state index is 12.7. The Kier molecular flexibility index (Phi) is 4.89. The van der Waals surface area contributed by atoms with Crippen LogP contribution in [-0.2, 0) is 6.54 Å². The topological polar surface area (TPSA) is 39.0 Å². The summed E-state index contributed by atoms with van der Waals surface area (Å²) < 4.78 is 3.95. The summed E-state index contributed by atoms with van der Waals surface area (Å²) in [5, 5.41) is 3.36. The van der Waals surface area contributed by atoms with E-state index in [1.807, 2.05) is 21.3 Å². The first-order chi connectivity index (χ1) is 9.33. The van der Waals surface area contributed by atoms with Gasteiger partial charge in [0.1, 0.15) is 0 Å². The molecule has 1 saturated heterocycles. The molecule has 1 aliphatic heterocycles. The van der Waals surface area contributed by atoms with Crippen molar-refractivity contribution in [2.24, 2.45) is 0 Å². The number of hydrogen-bond donors (Lipinski definition) is 1. The van der Waals surface area contributed by atoms with Crippen LogP contribution >= 0.6 is 12.4 Å². The summed E-state index contributed by atoms with van der Waals surface area (Å²) in [5.74, 6) is 0. The Morgan fingerprint density at radius 1 is 1.20 bits per heavy atom. The van der Waals surface area contributed by atoms with Crippen LogP contribution in [0.2, 0.25) is 0 Å². The van der Waals surface area contributed by atoms with Crippen molar-refractivity contribution in [3.63, 3.8) is 0 Å². The van der Waals surface area contributed by atoms with Gasteiger partial charge in [-0.05, 0) is 44.5 Å². The van der Waals surface area contributed by atoms with E-state index in [4.69, 9.17) is 0 Å². The Morgan fingerprint density at radius 3 is 2.50 bits per heavy atom. The number of piperidine rings is 1. The lowest BCUT2D eigenvalue weighted by Gasteiger charge is -2.23. The van der Waals surface area contributed by atoms with Gasteiger partial charge in [0, 0.05) is 12.6 Å². The molecule has 2 aromatic rings. The van der Waals surface area contributed by atoms with Crippen molar-refractivity contribution >= 4 is 23.4 Å². The van der Waals surface area contributed by atoms with E-state index in [1.165, 1.54) is 0 Å². The number of aryl methyl sites for hydroxylation is 1. The molecule has 5 heteroatoms. The van der Waals surface area contributed by atoms with Crippen LogP contribution in [0.3, 0.4) is 0 Å². The lowest BCUT2D eigenvalue weighted by Crippen LogP contribution is -2.34. The standard InChI is InChI=1S/C15H21N3O.ClH/c1-2-11-17-13-5-3-4-6-14(13)18(15(17)19)12-7-9-16-10-8-12;/h3-6,12,16H,2,7-11H2,1H3;1H. The van der Waals surface area contributed by atoms with Gasteiger partial charge in [0.2, 0.25) is 0 Å². The van der Waals surface area contributed by atoms with Gasteiger partial charge in [-0.1, -0.05) is 19.1 Å². The van der Waals surface area contributed by atoms with Crippen LogP contribution < -0.4 is 11.0 Å². The van der Waals surface area contributed by atoms with Crippen molar-refractivity contribution in [1.29, 1.82) is 0 Å². The number of fused-ring (bicyclic) bond motifs is 1. The van der Waals surface area contributed by atoms with E-state index in [2.05, 4.69) is 24.4 Å². The number of halogens is 1. The van der Waals surface area contributed by atoms with E-state index >= 15 is 0 Å². The summed E-state index contributed by atoms with van der Waals surface area (Å²) in [6.45, 7) is 4.93. The van der Waals surface area contributed by atoms with E-state index in [9.17, 15) is 4.79 Å². The molecule has 20 heavy (non-hydrogen) atoms. The van der Waals surface area contributed by atoms with Gasteiger partial charge >= 0.3 is 5.69 Å². The van der Waals surface area contributed by atoms with Crippen molar-refractivity contribution in [2.45, 2.75) is 38.8 Å². The van der Waals surface area contributed by atoms with E-state index in [-0.39, 0.29) is 18.1 Å². The van der Waals surface area contributed by atoms with Crippen LogP contribution in [0, 0.1) is 0 Å². The molecule has 0 aliphatic carbocycles. The lowest BCUT2D eigenvalue weighted by molar-refractivity contribution is 0.364. The second kappa shape index (κ2) is 6.46. The molecular weight excluding hydrogens is 274 g/mol. The highest BCUT2D eigenvalue weighted by Gasteiger charge is 2.21. The molecule has 0 radical (unpaired) electrons. The van der Waals surface area contributed by atoms with Gasteiger partial charge in [-0.25, -0.2) is 4.79 Å². The third-order valence-electron chi connectivity index (χ3n) is 3.99. The zero-order chi connectivity index (χ0) is 13.2. The average Bonchev–Trinajstić information content (AvgIpc) is 2.73. The average molecular weight is 296 g/mol. The summed E-state index contributed by atoms with van der Waals surface area (Å²) in [5.41, 5.74) is 2.33. The predicted molar refractivity (Wildman–Crippen MR) is 84.9 cm³/mol. The van der Waals surface area contributed by atoms with Crippen LogP contribution in [0.4, 0.5) is 0 Å². The van der Waals surface area contributed by atoms with Gasteiger partial charge in [0.25, 0.3) is 0 Å². The number of nitrogens with zero attached hydrogens (tertiary/aromatic N) is 2. The molecule has 1 aliphatic rings. The highest BCUT2D eigenvalue weighted by Crippen LogP contribution is 2.23. The number of aromatic nitrogens is 2. The molecule has 0 amide bonds. The van der Waals surface area contributed by atoms with E-state index < -0.39 is 0 Å². The molecule has 2 heterocycles. The first kappa shape index (κ1) is 15.1. The molecule has 0 atom stereocenters. The van der Waals surface area contributed by atoms with Crippen molar-refractivity contribution in [3.8, 4) is 0 Å². The third kappa shape index (κ3) is 2.50. The first-order valence-electron chi connectivity index (χ1n) is 7.23. The van der Waals surface area contributed by atoms with Gasteiger partial charge in [-0.3, -0.25) is 9.13 Å². The fraction of sp³-hybridized carbons (Fsp3) is 0.533. The summed E-state index contributed by atoms with van der Waals surface area (Å²) >= 11 is 0. The van der Waals surface area contributed by atoms with Crippen molar-refractivity contribution in [1.82, 2.24) is 14.5 Å². The summed E-state index contributed by atoms with van der Waals surface area (Å²) in [4.78, 5) is 12.7. The number of para-hydroxylation sites is 2. The van der Waals surface area contributed by atoms with Gasteiger partial charge < -0.3 is 5.32 Å². The minimum atomic E-state index is 0. The summed E-state index contributed by atoms with van der Waals surface area (Å²) in [6, 6.07) is 8.52. The minimum absolute atomic E-state index is 0. The Balaban J connectivity index is 0.00000147. The molecule has 1 aromatic carbocycles. The molecule has 0 saturated carbocycles. The molecule has 1 N–H and O–H groups in total. The molecule has 0 bridgehead atoms. The highest BCUT2D eigenvalue weighted by atomic mass is 35.5. The van der Waals surface area contributed by atoms with Gasteiger partial charge in [-0.2, -0.15) is 0 Å². The van der Waals surface area contributed by atoms with Gasteiger partial charge in [0.15, 0.2) is 0 Å². The fourth-order valence-electron chi connectivity index (χ4n) is 3.09. The number of hydrogen-bond acceptors (Lipinski definition) is 2. The maximum atomic E-state index is 12.7. The molecule has 0 unspecified atom stereocenters. The summed E-state index contributed by atoms with van der Waals surface area (Å²) in [7, 11) is 0. The quantitative estimate of drug-likeness (QED) is 0.945. The molecule has 1 aromatic heterocycles. The fourth-order valence-corrected chi connectivity index (χ4v) is 3.09. The lowest BCUT2D eigenvalue weighted by atomic mass is 10.1.